The van der Waals surface area contributed by atoms with Crippen LogP contribution < -0.4 is 5.32 Å². The molecule has 0 fully saturated rings. The molecule has 2 aromatic rings. The zero-order valence-corrected chi connectivity index (χ0v) is 11.6. The molecule has 9 heteroatoms. The van der Waals surface area contributed by atoms with E-state index in [4.69, 9.17) is 0 Å². The zero-order valence-electron chi connectivity index (χ0n) is 11.6. The van der Waals surface area contributed by atoms with E-state index in [1.807, 2.05) is 0 Å². The van der Waals surface area contributed by atoms with E-state index in [1.54, 1.807) is 30.3 Å². The van der Waals surface area contributed by atoms with E-state index in [0.717, 1.165) is 17.7 Å². The number of carboxylic acid groups (broad SMARTS) is 1. The number of hydrogen-bond donors (Lipinski definition) is 2. The van der Waals surface area contributed by atoms with Crippen molar-refractivity contribution in [2.45, 2.75) is 6.54 Å². The van der Waals surface area contributed by atoms with Gasteiger partial charge in [0.25, 0.3) is 11.4 Å². The number of benzene rings is 2. The molecule has 0 aliphatic heterocycles. The fraction of sp³-hybridized carbons (Fsp3) is 0.0714. The Balaban J connectivity index is 2.48. The van der Waals surface area contributed by atoms with E-state index in [9.17, 15) is 30.1 Å². The van der Waals surface area contributed by atoms with Crippen molar-refractivity contribution in [3.8, 4) is 0 Å². The average Bonchev–Trinajstić information content (AvgIpc) is 2.52. The predicted molar refractivity (Wildman–Crippen MR) is 80.5 cm³/mol. The first kappa shape index (κ1) is 15.9. The van der Waals surface area contributed by atoms with Crippen molar-refractivity contribution < 1.29 is 19.7 Å². The molecule has 9 nitrogen and oxygen atoms in total. The number of hydrogen-bond acceptors (Lipinski definition) is 6. The maximum absolute atomic E-state index is 11.3. The second-order valence-electron chi connectivity index (χ2n) is 4.55. The van der Waals surface area contributed by atoms with Crippen LogP contribution in [0, 0.1) is 20.2 Å². The molecule has 0 aromatic heterocycles. The number of nitro groups is 2. The fourth-order valence-corrected chi connectivity index (χ4v) is 2.00. The maximum Gasteiger partial charge on any atom is 0.338 e. The van der Waals surface area contributed by atoms with Gasteiger partial charge in [-0.15, -0.1) is 0 Å². The second kappa shape index (κ2) is 6.52. The summed E-state index contributed by atoms with van der Waals surface area (Å²) in [7, 11) is 0. The number of non-ortho nitro benzene ring substituents is 1. The van der Waals surface area contributed by atoms with Crippen LogP contribution in [0.1, 0.15) is 15.9 Å². The molecule has 0 saturated carbocycles. The minimum atomic E-state index is -1.49. The van der Waals surface area contributed by atoms with E-state index < -0.39 is 32.8 Å². The molecule has 0 atom stereocenters. The Morgan fingerprint density at radius 2 is 1.74 bits per heavy atom. The first-order chi connectivity index (χ1) is 10.9. The van der Waals surface area contributed by atoms with Crippen LogP contribution in [-0.4, -0.2) is 20.9 Å². The van der Waals surface area contributed by atoms with Crippen molar-refractivity contribution in [1.82, 2.24) is 0 Å². The summed E-state index contributed by atoms with van der Waals surface area (Å²) in [6.07, 6.45) is 0. The van der Waals surface area contributed by atoms with Crippen molar-refractivity contribution in [3.05, 3.63) is 73.8 Å². The molecule has 23 heavy (non-hydrogen) atoms. The smallest absolute Gasteiger partial charge is 0.338 e. The van der Waals surface area contributed by atoms with Gasteiger partial charge in [-0.05, 0) is 5.56 Å². The number of nitrogens with zero attached hydrogens (tertiary/aromatic N) is 2. The molecule has 118 valence electrons. The van der Waals surface area contributed by atoms with Crippen LogP contribution in [0.3, 0.4) is 0 Å². The predicted octanol–water partition coefficient (Wildman–Crippen LogP) is 2.81. The Morgan fingerprint density at radius 1 is 1.09 bits per heavy atom. The lowest BCUT2D eigenvalue weighted by Gasteiger charge is -2.10. The molecular weight excluding hydrogens is 306 g/mol. The number of rotatable bonds is 6. The highest BCUT2D eigenvalue weighted by atomic mass is 16.6. The fourth-order valence-electron chi connectivity index (χ4n) is 2.00. The molecule has 0 unspecified atom stereocenters. The molecule has 0 aliphatic carbocycles. The van der Waals surface area contributed by atoms with Crippen LogP contribution in [0.4, 0.5) is 17.1 Å². The maximum atomic E-state index is 11.3. The number of carboxylic acids is 1. The van der Waals surface area contributed by atoms with Gasteiger partial charge in [0.05, 0.1) is 21.5 Å². The van der Waals surface area contributed by atoms with E-state index in [0.29, 0.717) is 0 Å². The van der Waals surface area contributed by atoms with Gasteiger partial charge in [0.15, 0.2) is 0 Å². The normalized spacial score (nSPS) is 10.1. The van der Waals surface area contributed by atoms with Crippen molar-refractivity contribution in [2.24, 2.45) is 0 Å². The Morgan fingerprint density at radius 3 is 2.26 bits per heavy atom. The van der Waals surface area contributed by atoms with Crippen LogP contribution in [0.15, 0.2) is 42.5 Å². The van der Waals surface area contributed by atoms with Gasteiger partial charge >= 0.3 is 5.97 Å². The van der Waals surface area contributed by atoms with Crippen molar-refractivity contribution in [3.63, 3.8) is 0 Å². The molecule has 0 spiro atoms. The van der Waals surface area contributed by atoms with Crippen molar-refractivity contribution in [2.75, 3.05) is 5.32 Å². The van der Waals surface area contributed by atoms with Gasteiger partial charge in [0, 0.05) is 12.6 Å². The van der Waals surface area contributed by atoms with E-state index in [1.165, 1.54) is 0 Å². The van der Waals surface area contributed by atoms with Gasteiger partial charge < -0.3 is 10.4 Å². The lowest BCUT2D eigenvalue weighted by Crippen LogP contribution is -2.10. The van der Waals surface area contributed by atoms with Gasteiger partial charge in [-0.2, -0.15) is 0 Å². The lowest BCUT2D eigenvalue weighted by molar-refractivity contribution is -0.393. The molecule has 0 bridgehead atoms. The summed E-state index contributed by atoms with van der Waals surface area (Å²) in [4.78, 5) is 31.5. The van der Waals surface area contributed by atoms with Crippen LogP contribution in [-0.2, 0) is 6.54 Å². The Hall–Kier alpha value is -3.49. The highest BCUT2D eigenvalue weighted by Crippen LogP contribution is 2.33. The number of nitrogens with one attached hydrogen (secondary N) is 1. The van der Waals surface area contributed by atoms with Crippen LogP contribution in [0.5, 0.6) is 0 Å². The number of anilines is 1. The molecular formula is C14H11N3O6. The SMILES string of the molecule is O=C(O)c1cc([N+](=O)[O-])cc([N+](=O)[O-])c1NCc1ccccc1. The highest BCUT2D eigenvalue weighted by Gasteiger charge is 2.27. The average molecular weight is 317 g/mol. The van der Waals surface area contributed by atoms with Gasteiger partial charge in [-0.3, -0.25) is 20.2 Å². The largest absolute Gasteiger partial charge is 0.478 e. The summed E-state index contributed by atoms with van der Waals surface area (Å²) < 4.78 is 0. The van der Waals surface area contributed by atoms with Crippen LogP contribution in [0.25, 0.3) is 0 Å². The first-order valence-electron chi connectivity index (χ1n) is 6.38. The Labute approximate surface area is 129 Å². The first-order valence-corrected chi connectivity index (χ1v) is 6.38. The Bertz CT molecular complexity index is 740. The molecule has 2 rings (SSSR count). The summed E-state index contributed by atoms with van der Waals surface area (Å²) in [5.41, 5.74) is -1.33. The summed E-state index contributed by atoms with van der Waals surface area (Å²) in [6, 6.07) is 10.4. The van der Waals surface area contributed by atoms with Crippen LogP contribution in [0.2, 0.25) is 0 Å². The van der Waals surface area contributed by atoms with Gasteiger partial charge in [0.1, 0.15) is 5.69 Å². The third-order valence-corrected chi connectivity index (χ3v) is 3.05. The van der Waals surface area contributed by atoms with Crippen molar-refractivity contribution in [1.29, 1.82) is 0 Å². The van der Waals surface area contributed by atoms with Gasteiger partial charge in [-0.1, -0.05) is 30.3 Å². The summed E-state index contributed by atoms with van der Waals surface area (Å²) >= 11 is 0. The molecule has 0 heterocycles. The zero-order chi connectivity index (χ0) is 17.0. The molecule has 0 radical (unpaired) electrons. The van der Waals surface area contributed by atoms with E-state index >= 15 is 0 Å². The Kier molecular flexibility index (Phi) is 4.50. The summed E-state index contributed by atoms with van der Waals surface area (Å²) in [5, 5.41) is 33.8. The minimum Gasteiger partial charge on any atom is -0.478 e. The third kappa shape index (κ3) is 3.59. The minimum absolute atomic E-state index is 0.139. The number of aromatic carboxylic acids is 1. The van der Waals surface area contributed by atoms with E-state index in [-0.39, 0.29) is 12.2 Å². The summed E-state index contributed by atoms with van der Waals surface area (Å²) in [6.45, 7) is 0.139. The monoisotopic (exact) mass is 317 g/mol. The lowest BCUT2D eigenvalue weighted by atomic mass is 10.1. The molecule has 0 saturated heterocycles. The van der Waals surface area contributed by atoms with Gasteiger partial charge in [-0.25, -0.2) is 4.79 Å². The topological polar surface area (TPSA) is 136 Å². The summed E-state index contributed by atoms with van der Waals surface area (Å²) in [5.74, 6) is -1.49. The number of carbonyl (C=O) groups is 1. The standard InChI is InChI=1S/C14H11N3O6/c18-14(19)11-6-10(16(20)21)7-12(17(22)23)13(11)15-8-9-4-2-1-3-5-9/h1-7,15H,8H2,(H,18,19). The molecule has 2 N–H and O–H groups in total. The molecule has 2 aromatic carbocycles. The van der Waals surface area contributed by atoms with Crippen LogP contribution >= 0.6 is 0 Å². The van der Waals surface area contributed by atoms with Crippen molar-refractivity contribution >= 4 is 23.0 Å². The highest BCUT2D eigenvalue weighted by molar-refractivity contribution is 5.98. The number of nitro benzene ring substituents is 2. The molecule has 0 amide bonds. The molecule has 0 aliphatic rings. The van der Waals surface area contributed by atoms with E-state index in [2.05, 4.69) is 5.32 Å². The second-order valence-corrected chi connectivity index (χ2v) is 4.55. The third-order valence-electron chi connectivity index (χ3n) is 3.05. The van der Waals surface area contributed by atoms with Gasteiger partial charge in [0.2, 0.25) is 0 Å². The quantitative estimate of drug-likeness (QED) is 0.617.